The number of hydrogen-bond acceptors (Lipinski definition) is 18. The van der Waals surface area contributed by atoms with Gasteiger partial charge in [0, 0.05) is 43.3 Å². The van der Waals surface area contributed by atoms with Crippen molar-refractivity contribution in [3.8, 4) is 0 Å². The van der Waals surface area contributed by atoms with Crippen LogP contribution in [0.5, 0.6) is 0 Å². The number of hydrogen-bond donors (Lipinski definition) is 9. The quantitative estimate of drug-likeness (QED) is 0.108. The molecule has 8 fully saturated rings. The monoisotopic (exact) mass is 941 g/mol. The topological polar surface area (TPSA) is 273 Å². The highest BCUT2D eigenvalue weighted by Gasteiger charge is 2.71. The number of aliphatic hydroxyl groups is 9. The maximum atomic E-state index is 12.6. The third-order valence-corrected chi connectivity index (χ3v) is 18.6. The molecule has 0 unspecified atom stereocenters. The summed E-state index contributed by atoms with van der Waals surface area (Å²) in [7, 11) is 0. The van der Waals surface area contributed by atoms with Crippen molar-refractivity contribution in [1.82, 2.24) is 0 Å². The van der Waals surface area contributed by atoms with E-state index in [1.807, 2.05) is 13.8 Å². The fourth-order valence-electron chi connectivity index (χ4n) is 14.8. The van der Waals surface area contributed by atoms with Crippen LogP contribution in [0.2, 0.25) is 0 Å². The highest BCUT2D eigenvalue weighted by molar-refractivity contribution is 5.85. The van der Waals surface area contributed by atoms with E-state index in [1.165, 1.54) is 0 Å². The zero-order valence-electron chi connectivity index (χ0n) is 39.0. The zero-order valence-corrected chi connectivity index (χ0v) is 39.0. The summed E-state index contributed by atoms with van der Waals surface area (Å²) in [6.45, 7) is 9.42. The molecule has 0 radical (unpaired) electrons. The molecule has 5 aliphatic carbocycles. The molecule has 4 heterocycles. The van der Waals surface area contributed by atoms with Crippen LogP contribution in [-0.2, 0) is 42.7 Å². The van der Waals surface area contributed by atoms with Gasteiger partial charge in [-0.1, -0.05) is 13.8 Å². The zero-order chi connectivity index (χ0) is 47.2. The largest absolute Gasteiger partial charge is 0.458 e. The van der Waals surface area contributed by atoms with Crippen molar-refractivity contribution in [1.29, 1.82) is 0 Å². The maximum absolute atomic E-state index is 12.6. The molecule has 376 valence electrons. The first kappa shape index (κ1) is 49.5. The van der Waals surface area contributed by atoms with Crippen molar-refractivity contribution in [2.24, 2.45) is 40.4 Å². The third kappa shape index (κ3) is 8.65. The van der Waals surface area contributed by atoms with Crippen LogP contribution < -0.4 is 0 Å². The van der Waals surface area contributed by atoms with E-state index in [9.17, 15) is 50.8 Å². The standard InChI is InChI=1S/C48H76O18/c1-21-43(64-34-12-24(19-49)40(55)42(57)41(34)56)31(50)17-38(61-21)65-45-23(3)62-39(18-33(45)52)66-44-22(2)60-37(16-32(44)51)63-27-8-10-46(4)26(14-27)6-7-29-30(46)15-35(53)47(5)28(9-11-48(29,47)58)25-13-36(54)59-20-25/h13,21-24,26-35,37-45,49-53,55-58H,6-12,14-20H2,1-5H3/t21-,22-,23-,24-,26-,27+,28-,29-,30+,31+,32+,33+,34-,35-,37+,38+,39+,40-,41+,42+,43-,44-,45-,46+,47+,48+/m1/s1. The third-order valence-electron chi connectivity index (χ3n) is 18.6. The summed E-state index contributed by atoms with van der Waals surface area (Å²) >= 11 is 0. The first-order valence-corrected chi connectivity index (χ1v) is 24.8. The number of carbonyl (C=O) groups is 1. The number of esters is 1. The molecule has 5 saturated carbocycles. The van der Waals surface area contributed by atoms with Gasteiger partial charge in [-0.15, -0.1) is 0 Å². The second kappa shape index (κ2) is 19.0. The van der Waals surface area contributed by atoms with E-state index in [0.717, 1.165) is 44.1 Å². The summed E-state index contributed by atoms with van der Waals surface area (Å²) in [6.07, 6.45) is -7.87. The van der Waals surface area contributed by atoms with Crippen molar-refractivity contribution in [3.05, 3.63) is 11.6 Å². The van der Waals surface area contributed by atoms with E-state index in [4.69, 9.17) is 37.9 Å². The molecule has 0 aromatic heterocycles. The highest BCUT2D eigenvalue weighted by atomic mass is 16.7. The average molecular weight is 941 g/mol. The van der Waals surface area contributed by atoms with Gasteiger partial charge in [0.05, 0.1) is 66.6 Å². The summed E-state index contributed by atoms with van der Waals surface area (Å²) in [4.78, 5) is 12.0. The normalized spacial score (nSPS) is 55.3. The molecule has 9 aliphatic rings. The molecule has 0 bridgehead atoms. The lowest BCUT2D eigenvalue weighted by Gasteiger charge is -2.65. The molecular weight excluding hydrogens is 865 g/mol. The fourth-order valence-corrected chi connectivity index (χ4v) is 14.8. The molecular formula is C48H76O18. The Morgan fingerprint density at radius 1 is 0.652 bits per heavy atom. The van der Waals surface area contributed by atoms with Gasteiger partial charge in [0.15, 0.2) is 18.9 Å². The van der Waals surface area contributed by atoms with Gasteiger partial charge >= 0.3 is 5.97 Å². The molecule has 18 heteroatoms. The Labute approximate surface area is 386 Å². The lowest BCUT2D eigenvalue weighted by Crippen LogP contribution is -2.67. The van der Waals surface area contributed by atoms with E-state index in [-0.39, 0.29) is 67.5 Å². The molecule has 0 amide bonds. The summed E-state index contributed by atoms with van der Waals surface area (Å²) < 4.78 is 48.8. The summed E-state index contributed by atoms with van der Waals surface area (Å²) in [6, 6.07) is 0. The van der Waals surface area contributed by atoms with E-state index >= 15 is 0 Å². The predicted octanol–water partition coefficient (Wildman–Crippen LogP) is 0.706. The van der Waals surface area contributed by atoms with Crippen LogP contribution in [0.25, 0.3) is 0 Å². The molecule has 0 spiro atoms. The first-order chi connectivity index (χ1) is 31.2. The van der Waals surface area contributed by atoms with Gasteiger partial charge in [-0.25, -0.2) is 4.79 Å². The molecule has 9 rings (SSSR count). The van der Waals surface area contributed by atoms with E-state index in [1.54, 1.807) is 19.9 Å². The average Bonchev–Trinajstić information content (AvgIpc) is 3.82. The summed E-state index contributed by atoms with van der Waals surface area (Å²) in [5.41, 5.74) is -0.976. The van der Waals surface area contributed by atoms with E-state index in [0.29, 0.717) is 18.8 Å². The Hall–Kier alpha value is -1.43. The molecule has 66 heavy (non-hydrogen) atoms. The molecule has 0 aromatic rings. The number of rotatable bonds is 10. The Morgan fingerprint density at radius 3 is 1.77 bits per heavy atom. The van der Waals surface area contributed by atoms with Crippen LogP contribution in [0.1, 0.15) is 112 Å². The minimum atomic E-state index is -1.52. The molecule has 18 nitrogen and oxygen atoms in total. The van der Waals surface area contributed by atoms with Crippen molar-refractivity contribution in [2.75, 3.05) is 13.2 Å². The predicted molar refractivity (Wildman–Crippen MR) is 228 cm³/mol. The highest BCUT2D eigenvalue weighted by Crippen LogP contribution is 2.70. The van der Waals surface area contributed by atoms with Crippen LogP contribution in [0.4, 0.5) is 0 Å². The van der Waals surface area contributed by atoms with Crippen LogP contribution in [0.15, 0.2) is 11.6 Å². The van der Waals surface area contributed by atoms with Crippen LogP contribution in [0.3, 0.4) is 0 Å². The first-order valence-electron chi connectivity index (χ1n) is 24.8. The van der Waals surface area contributed by atoms with Crippen LogP contribution >= 0.6 is 0 Å². The number of carbonyl (C=O) groups excluding carboxylic acids is 1. The maximum Gasteiger partial charge on any atom is 0.331 e. The van der Waals surface area contributed by atoms with Gasteiger partial charge in [0.1, 0.15) is 37.1 Å². The number of cyclic esters (lactones) is 1. The molecule has 0 aromatic carbocycles. The minimum absolute atomic E-state index is 0.0219. The number of fused-ring (bicyclic) bond motifs is 5. The van der Waals surface area contributed by atoms with Crippen molar-refractivity contribution < 1.29 is 88.6 Å². The molecule has 9 N–H and O–H groups in total. The molecule has 4 aliphatic heterocycles. The van der Waals surface area contributed by atoms with Gasteiger partial charge in [-0.2, -0.15) is 0 Å². The van der Waals surface area contributed by atoms with Crippen molar-refractivity contribution >= 4 is 5.97 Å². The lowest BCUT2D eigenvalue weighted by molar-refractivity contribution is -0.339. The smallest absolute Gasteiger partial charge is 0.331 e. The number of aliphatic hydroxyl groups excluding tert-OH is 8. The van der Waals surface area contributed by atoms with Gasteiger partial charge < -0.3 is 83.9 Å². The summed E-state index contributed by atoms with van der Waals surface area (Å²) in [5.74, 6) is -0.608. The van der Waals surface area contributed by atoms with Gasteiger partial charge in [0.2, 0.25) is 0 Å². The Balaban J connectivity index is 0.737. The van der Waals surface area contributed by atoms with E-state index < -0.39 is 128 Å². The van der Waals surface area contributed by atoms with Crippen molar-refractivity contribution in [2.45, 2.75) is 228 Å². The Kier molecular flexibility index (Phi) is 14.2. The summed E-state index contributed by atoms with van der Waals surface area (Å²) in [5, 5.41) is 99.0. The van der Waals surface area contributed by atoms with E-state index in [2.05, 4.69) is 6.92 Å². The van der Waals surface area contributed by atoms with Crippen LogP contribution in [0, 0.1) is 40.4 Å². The molecule has 26 atom stereocenters. The lowest BCUT2D eigenvalue weighted by atomic mass is 9.42. The van der Waals surface area contributed by atoms with Gasteiger partial charge in [0.25, 0.3) is 0 Å². The van der Waals surface area contributed by atoms with Gasteiger partial charge in [-0.05, 0) is 113 Å². The fraction of sp³-hybridized carbons (Fsp3) is 0.938. The second-order valence-corrected chi connectivity index (χ2v) is 22.1. The SMILES string of the molecule is C[C@H]1O[C@@H](O[C@H]2CC[C@@]3(C)[C@H](CC[C@@H]4[C@@H]3C[C@@H](O)[C@]3(C)[C@@H](C5=CC(=O)OC5)CC[C@]43O)C2)C[C@H](O)[C@@H]1O[C@H]1C[C@H](O)[C@H](O[C@H]2C[C@H](O)[C@H](O[C@@H]3C[C@H](CO)[C@@H](O)[C@H](O)[C@H]3O)[C@@H](C)O2)[C@@H](C)O1. The molecule has 3 saturated heterocycles. The van der Waals surface area contributed by atoms with Gasteiger partial charge in [-0.3, -0.25) is 0 Å². The Bertz CT molecular complexity index is 1720. The number of ether oxygens (including phenoxy) is 8. The second-order valence-electron chi connectivity index (χ2n) is 22.1. The van der Waals surface area contributed by atoms with Crippen molar-refractivity contribution in [3.63, 3.8) is 0 Å². The Morgan fingerprint density at radius 2 is 1.23 bits per heavy atom. The van der Waals surface area contributed by atoms with Crippen LogP contribution in [-0.4, -0.2) is 181 Å². The minimum Gasteiger partial charge on any atom is -0.458 e.